The van der Waals surface area contributed by atoms with E-state index in [2.05, 4.69) is 4.98 Å². The molecule has 0 bridgehead atoms. The minimum Gasteiger partial charge on any atom is -0.486 e. The van der Waals surface area contributed by atoms with Crippen molar-refractivity contribution in [3.63, 3.8) is 0 Å². The second-order valence-corrected chi connectivity index (χ2v) is 7.04. The van der Waals surface area contributed by atoms with Crippen molar-refractivity contribution in [2.24, 2.45) is 0 Å². The van der Waals surface area contributed by atoms with Gasteiger partial charge in [-0.3, -0.25) is 4.79 Å². The van der Waals surface area contributed by atoms with E-state index in [0.717, 1.165) is 27.9 Å². The molecule has 0 spiro atoms. The van der Waals surface area contributed by atoms with Gasteiger partial charge in [-0.05, 0) is 43.2 Å². The third kappa shape index (κ3) is 3.28. The summed E-state index contributed by atoms with van der Waals surface area (Å²) in [6, 6.07) is 11.6. The molecule has 1 N–H and O–H groups in total. The van der Waals surface area contributed by atoms with Gasteiger partial charge in [0.05, 0.1) is 37.1 Å². The predicted molar refractivity (Wildman–Crippen MR) is 103 cm³/mol. The van der Waals surface area contributed by atoms with Gasteiger partial charge in [0.25, 0.3) is 5.91 Å². The number of carbonyl (C=O) groups excluding carboxylic acids is 1. The fraction of sp³-hybridized carbons (Fsp3) is 0.333. The van der Waals surface area contributed by atoms with Crippen molar-refractivity contribution in [2.75, 3.05) is 19.7 Å². The van der Waals surface area contributed by atoms with Crippen molar-refractivity contribution in [3.8, 4) is 5.75 Å². The smallest absolute Gasteiger partial charge is 0.254 e. The number of rotatable bonds is 5. The van der Waals surface area contributed by atoms with E-state index in [4.69, 9.17) is 9.84 Å². The molecule has 1 aromatic heterocycles. The molecular formula is C21H23N3O3. The Morgan fingerprint density at radius 3 is 2.67 bits per heavy atom. The molecule has 1 saturated heterocycles. The first kappa shape index (κ1) is 17.5. The van der Waals surface area contributed by atoms with Gasteiger partial charge in [0.15, 0.2) is 0 Å². The number of carbonyl (C=O) groups is 1. The zero-order valence-corrected chi connectivity index (χ0v) is 15.6. The lowest BCUT2D eigenvalue weighted by atomic mass is 10.1. The van der Waals surface area contributed by atoms with Gasteiger partial charge in [0, 0.05) is 12.1 Å². The Morgan fingerprint density at radius 2 is 1.96 bits per heavy atom. The lowest BCUT2D eigenvalue weighted by Crippen LogP contribution is -2.56. The van der Waals surface area contributed by atoms with E-state index in [-0.39, 0.29) is 18.6 Å². The van der Waals surface area contributed by atoms with Crippen LogP contribution in [0.1, 0.15) is 21.5 Å². The number of benzene rings is 2. The molecule has 1 aliphatic heterocycles. The van der Waals surface area contributed by atoms with E-state index in [9.17, 15) is 4.79 Å². The van der Waals surface area contributed by atoms with Crippen LogP contribution in [0, 0.1) is 13.8 Å². The van der Waals surface area contributed by atoms with Crippen LogP contribution >= 0.6 is 0 Å². The van der Waals surface area contributed by atoms with E-state index in [1.54, 1.807) is 11.2 Å². The van der Waals surface area contributed by atoms with Gasteiger partial charge in [-0.15, -0.1) is 0 Å². The highest BCUT2D eigenvalue weighted by Gasteiger charge is 2.33. The second kappa shape index (κ2) is 7.04. The van der Waals surface area contributed by atoms with Crippen LogP contribution in [0.2, 0.25) is 0 Å². The van der Waals surface area contributed by atoms with Crippen molar-refractivity contribution in [3.05, 3.63) is 59.4 Å². The second-order valence-electron chi connectivity index (χ2n) is 7.04. The number of aryl methyl sites for hydroxylation is 2. The fourth-order valence-electron chi connectivity index (χ4n) is 3.50. The maximum Gasteiger partial charge on any atom is 0.254 e. The number of aliphatic hydroxyl groups is 1. The zero-order chi connectivity index (χ0) is 19.0. The van der Waals surface area contributed by atoms with Crippen molar-refractivity contribution >= 4 is 16.9 Å². The molecule has 6 heteroatoms. The Balaban J connectivity index is 1.42. The predicted octanol–water partition coefficient (Wildman–Crippen LogP) is 2.55. The van der Waals surface area contributed by atoms with Crippen LogP contribution in [0.15, 0.2) is 42.7 Å². The maximum absolute atomic E-state index is 12.7. The summed E-state index contributed by atoms with van der Waals surface area (Å²) in [6.45, 7) is 5.80. The Labute approximate surface area is 158 Å². The van der Waals surface area contributed by atoms with Gasteiger partial charge in [0.1, 0.15) is 11.9 Å². The van der Waals surface area contributed by atoms with Gasteiger partial charge in [0.2, 0.25) is 0 Å². The normalized spacial score (nSPS) is 14.4. The van der Waals surface area contributed by atoms with E-state index in [1.165, 1.54) is 0 Å². The number of para-hydroxylation sites is 1. The molecule has 0 radical (unpaired) electrons. The quantitative estimate of drug-likeness (QED) is 0.755. The average molecular weight is 365 g/mol. The molecule has 0 unspecified atom stereocenters. The maximum atomic E-state index is 12.7. The van der Waals surface area contributed by atoms with Gasteiger partial charge in [-0.2, -0.15) is 0 Å². The summed E-state index contributed by atoms with van der Waals surface area (Å²) < 4.78 is 7.97. The number of hydrogen-bond donors (Lipinski definition) is 1. The van der Waals surface area contributed by atoms with Crippen LogP contribution in [0.3, 0.4) is 0 Å². The van der Waals surface area contributed by atoms with Crippen LogP contribution in [0.4, 0.5) is 0 Å². The van der Waals surface area contributed by atoms with E-state index in [1.807, 2.05) is 54.8 Å². The monoisotopic (exact) mass is 365 g/mol. The third-order valence-electron chi connectivity index (χ3n) is 5.04. The van der Waals surface area contributed by atoms with Crippen LogP contribution in [0.25, 0.3) is 11.0 Å². The number of ether oxygens (including phenoxy) is 1. The molecule has 0 aliphatic carbocycles. The summed E-state index contributed by atoms with van der Waals surface area (Å²) >= 11 is 0. The lowest BCUT2D eigenvalue weighted by molar-refractivity contribution is 0.0173. The lowest BCUT2D eigenvalue weighted by Gasteiger charge is -2.39. The summed E-state index contributed by atoms with van der Waals surface area (Å²) in [5.41, 5.74) is 4.54. The van der Waals surface area contributed by atoms with E-state index >= 15 is 0 Å². The van der Waals surface area contributed by atoms with Crippen molar-refractivity contribution < 1.29 is 14.6 Å². The highest BCUT2D eigenvalue weighted by Crippen LogP contribution is 2.27. The van der Waals surface area contributed by atoms with Crippen molar-refractivity contribution in [1.82, 2.24) is 14.5 Å². The van der Waals surface area contributed by atoms with Crippen LogP contribution in [-0.2, 0) is 6.54 Å². The number of amides is 1. The first-order valence-electron chi connectivity index (χ1n) is 9.14. The molecule has 0 saturated carbocycles. The molecule has 1 amide bonds. The number of aliphatic hydroxyl groups excluding tert-OH is 1. The van der Waals surface area contributed by atoms with E-state index in [0.29, 0.717) is 25.2 Å². The highest BCUT2D eigenvalue weighted by atomic mass is 16.5. The number of hydrogen-bond acceptors (Lipinski definition) is 4. The largest absolute Gasteiger partial charge is 0.486 e. The first-order chi connectivity index (χ1) is 13.1. The SMILES string of the molecule is Cc1cccc(C)c1OC1CN(C(=O)c2ccc3c(c2)ncn3CCO)C1. The number of nitrogens with zero attached hydrogens (tertiary/aromatic N) is 3. The van der Waals surface area contributed by atoms with Gasteiger partial charge >= 0.3 is 0 Å². The number of imidazole rings is 1. The van der Waals surface area contributed by atoms with Crippen molar-refractivity contribution in [2.45, 2.75) is 26.5 Å². The van der Waals surface area contributed by atoms with Gasteiger partial charge < -0.3 is 19.3 Å². The zero-order valence-electron chi connectivity index (χ0n) is 15.6. The molecule has 1 aliphatic rings. The minimum absolute atomic E-state index is 0.00466. The molecular weight excluding hydrogens is 342 g/mol. The van der Waals surface area contributed by atoms with Gasteiger partial charge in [-0.25, -0.2) is 4.98 Å². The molecule has 2 heterocycles. The molecule has 0 atom stereocenters. The fourth-order valence-corrected chi connectivity index (χ4v) is 3.50. The van der Waals surface area contributed by atoms with Crippen LogP contribution in [0.5, 0.6) is 5.75 Å². The topological polar surface area (TPSA) is 67.6 Å². The highest BCUT2D eigenvalue weighted by molar-refractivity contribution is 5.97. The Hall–Kier alpha value is -2.86. The van der Waals surface area contributed by atoms with Crippen LogP contribution in [-0.4, -0.2) is 51.3 Å². The molecule has 2 aromatic carbocycles. The molecule has 6 nitrogen and oxygen atoms in total. The summed E-state index contributed by atoms with van der Waals surface area (Å²) in [5, 5.41) is 9.10. The van der Waals surface area contributed by atoms with Crippen LogP contribution < -0.4 is 4.74 Å². The first-order valence-corrected chi connectivity index (χ1v) is 9.14. The molecule has 1 fully saturated rings. The Bertz CT molecular complexity index is 969. The molecule has 27 heavy (non-hydrogen) atoms. The summed E-state index contributed by atoms with van der Waals surface area (Å²) in [6.07, 6.45) is 1.72. The average Bonchev–Trinajstić information content (AvgIpc) is 3.02. The third-order valence-corrected chi connectivity index (χ3v) is 5.04. The number of aromatic nitrogens is 2. The molecule has 140 valence electrons. The molecule has 4 rings (SSSR count). The summed E-state index contributed by atoms with van der Waals surface area (Å²) in [5.74, 6) is 0.917. The molecule has 3 aromatic rings. The minimum atomic E-state index is -0.00466. The Morgan fingerprint density at radius 1 is 1.22 bits per heavy atom. The summed E-state index contributed by atoms with van der Waals surface area (Å²) in [7, 11) is 0. The standard InChI is InChI=1S/C21H23N3O3/c1-14-4-3-5-15(2)20(14)27-17-11-24(12-17)21(26)16-6-7-19-18(10-16)22-13-23(19)8-9-25/h3-7,10,13,17,25H,8-9,11-12H2,1-2H3. The number of fused-ring (bicyclic) bond motifs is 1. The number of likely N-dealkylation sites (tertiary alicyclic amines) is 1. The van der Waals surface area contributed by atoms with Crippen molar-refractivity contribution in [1.29, 1.82) is 0 Å². The van der Waals surface area contributed by atoms with Gasteiger partial charge in [-0.1, -0.05) is 18.2 Å². The Kier molecular flexibility index (Phi) is 4.58. The van der Waals surface area contributed by atoms with E-state index < -0.39 is 0 Å². The summed E-state index contributed by atoms with van der Waals surface area (Å²) in [4.78, 5) is 18.9.